The molecule has 14 heavy (non-hydrogen) atoms. The van der Waals surface area contributed by atoms with Crippen molar-refractivity contribution in [3.63, 3.8) is 0 Å². The summed E-state index contributed by atoms with van der Waals surface area (Å²) in [6.07, 6.45) is 4.74. The van der Waals surface area contributed by atoms with Gasteiger partial charge in [0.2, 0.25) is 6.39 Å². The van der Waals surface area contributed by atoms with Crippen LogP contribution in [0.15, 0.2) is 10.9 Å². The molecule has 0 saturated carbocycles. The second kappa shape index (κ2) is 5.07. The van der Waals surface area contributed by atoms with Gasteiger partial charge in [0.15, 0.2) is 5.82 Å². The molecular formula is C9H16N4O. The van der Waals surface area contributed by atoms with Crippen molar-refractivity contribution in [3.05, 3.63) is 12.2 Å². The molecule has 0 amide bonds. The van der Waals surface area contributed by atoms with E-state index in [2.05, 4.69) is 25.3 Å². The molecule has 0 spiro atoms. The van der Waals surface area contributed by atoms with Crippen LogP contribution in [0.3, 0.4) is 0 Å². The highest BCUT2D eigenvalue weighted by molar-refractivity contribution is 4.81. The smallest absolute Gasteiger partial charge is 0.213 e. The van der Waals surface area contributed by atoms with E-state index < -0.39 is 0 Å². The van der Waals surface area contributed by atoms with E-state index in [9.17, 15) is 0 Å². The van der Waals surface area contributed by atoms with E-state index in [-0.39, 0.29) is 0 Å². The lowest BCUT2D eigenvalue weighted by molar-refractivity contribution is 0.385. The minimum atomic E-state index is 0.607. The first-order valence-electron chi connectivity index (χ1n) is 5.14. The van der Waals surface area contributed by atoms with Crippen LogP contribution in [-0.4, -0.2) is 35.8 Å². The average Bonchev–Trinajstić information content (AvgIpc) is 2.72. The van der Waals surface area contributed by atoms with E-state index in [1.165, 1.54) is 19.2 Å². The number of piperidine rings is 1. The highest BCUT2D eigenvalue weighted by Crippen LogP contribution is 2.00. The molecule has 1 atom stereocenters. The first kappa shape index (κ1) is 9.61. The molecule has 2 heterocycles. The maximum absolute atomic E-state index is 4.66. The number of hydrogen-bond acceptors (Lipinski definition) is 5. The quantitative estimate of drug-likeness (QED) is 0.707. The van der Waals surface area contributed by atoms with Crippen molar-refractivity contribution in [1.29, 1.82) is 0 Å². The first-order valence-corrected chi connectivity index (χ1v) is 5.14. The normalized spacial score (nSPS) is 22.4. The van der Waals surface area contributed by atoms with E-state index in [4.69, 9.17) is 0 Å². The Bertz CT molecular complexity index is 243. The largest absolute Gasteiger partial charge is 0.343 e. The van der Waals surface area contributed by atoms with Gasteiger partial charge in [-0.3, -0.25) is 0 Å². The Morgan fingerprint density at radius 2 is 2.64 bits per heavy atom. The van der Waals surface area contributed by atoms with Crippen LogP contribution in [0.25, 0.3) is 0 Å². The summed E-state index contributed by atoms with van der Waals surface area (Å²) < 4.78 is 4.66. The third kappa shape index (κ3) is 2.78. The third-order valence-corrected chi connectivity index (χ3v) is 2.49. The summed E-state index contributed by atoms with van der Waals surface area (Å²) in [6.45, 7) is 3.15. The molecule has 78 valence electrons. The molecule has 1 fully saturated rings. The fourth-order valence-electron chi connectivity index (χ4n) is 1.72. The summed E-state index contributed by atoms with van der Waals surface area (Å²) in [7, 11) is 0. The monoisotopic (exact) mass is 196 g/mol. The van der Waals surface area contributed by atoms with Gasteiger partial charge in [0.1, 0.15) is 0 Å². The SMILES string of the molecule is c1nc(CCNC2CCCNC2)no1. The number of nitrogens with zero attached hydrogens (tertiary/aromatic N) is 2. The van der Waals surface area contributed by atoms with E-state index >= 15 is 0 Å². The van der Waals surface area contributed by atoms with Gasteiger partial charge in [-0.15, -0.1) is 0 Å². The van der Waals surface area contributed by atoms with Crippen LogP contribution in [0.4, 0.5) is 0 Å². The lowest BCUT2D eigenvalue weighted by atomic mass is 10.1. The van der Waals surface area contributed by atoms with Crippen molar-refractivity contribution in [2.75, 3.05) is 19.6 Å². The summed E-state index contributed by atoms with van der Waals surface area (Å²) in [5.74, 6) is 0.779. The summed E-state index contributed by atoms with van der Waals surface area (Å²) in [5.41, 5.74) is 0. The van der Waals surface area contributed by atoms with Crippen LogP contribution in [0.5, 0.6) is 0 Å². The standard InChI is InChI=1S/C9H16N4O/c1-2-8(6-10-4-1)11-5-3-9-12-7-14-13-9/h7-8,10-11H,1-6H2. The van der Waals surface area contributed by atoms with Crippen LogP contribution in [0.2, 0.25) is 0 Å². The van der Waals surface area contributed by atoms with Crippen molar-refractivity contribution < 1.29 is 4.52 Å². The molecule has 0 bridgehead atoms. The minimum Gasteiger partial charge on any atom is -0.343 e. The van der Waals surface area contributed by atoms with Gasteiger partial charge in [-0.2, -0.15) is 4.98 Å². The molecule has 0 radical (unpaired) electrons. The number of aromatic nitrogens is 2. The van der Waals surface area contributed by atoms with Gasteiger partial charge in [-0.05, 0) is 19.4 Å². The summed E-state index contributed by atoms with van der Waals surface area (Å²) >= 11 is 0. The lowest BCUT2D eigenvalue weighted by Gasteiger charge is -2.23. The van der Waals surface area contributed by atoms with Crippen molar-refractivity contribution in [3.8, 4) is 0 Å². The molecule has 1 aliphatic rings. The molecule has 5 heteroatoms. The van der Waals surface area contributed by atoms with Crippen LogP contribution >= 0.6 is 0 Å². The number of nitrogens with one attached hydrogen (secondary N) is 2. The molecule has 1 aliphatic heterocycles. The highest BCUT2D eigenvalue weighted by Gasteiger charge is 2.11. The molecule has 2 N–H and O–H groups in total. The van der Waals surface area contributed by atoms with E-state index in [0.717, 1.165) is 31.9 Å². The molecular weight excluding hydrogens is 180 g/mol. The third-order valence-electron chi connectivity index (χ3n) is 2.49. The maximum Gasteiger partial charge on any atom is 0.213 e. The van der Waals surface area contributed by atoms with Crippen molar-refractivity contribution in [2.45, 2.75) is 25.3 Å². The molecule has 1 saturated heterocycles. The topological polar surface area (TPSA) is 63.0 Å². The molecule has 5 nitrogen and oxygen atoms in total. The fraction of sp³-hybridized carbons (Fsp3) is 0.778. The van der Waals surface area contributed by atoms with Crippen molar-refractivity contribution >= 4 is 0 Å². The summed E-state index contributed by atoms with van der Waals surface area (Å²) in [6, 6.07) is 0.607. The molecule has 2 rings (SSSR count). The molecule has 1 unspecified atom stereocenters. The van der Waals surface area contributed by atoms with E-state index in [1.54, 1.807) is 0 Å². The van der Waals surface area contributed by atoms with Gasteiger partial charge in [-0.25, -0.2) is 0 Å². The first-order chi connectivity index (χ1) is 6.95. The molecule has 0 aromatic carbocycles. The lowest BCUT2D eigenvalue weighted by Crippen LogP contribution is -2.43. The predicted octanol–water partition coefficient (Wildman–Crippen LogP) is -0.0463. The van der Waals surface area contributed by atoms with Crippen molar-refractivity contribution in [1.82, 2.24) is 20.8 Å². The van der Waals surface area contributed by atoms with Gasteiger partial charge < -0.3 is 15.2 Å². The van der Waals surface area contributed by atoms with Crippen molar-refractivity contribution in [2.24, 2.45) is 0 Å². The fourth-order valence-corrected chi connectivity index (χ4v) is 1.72. The highest BCUT2D eigenvalue weighted by atomic mass is 16.5. The second-order valence-electron chi connectivity index (χ2n) is 3.59. The number of hydrogen-bond donors (Lipinski definition) is 2. The summed E-state index contributed by atoms with van der Waals surface area (Å²) in [5, 5.41) is 10.6. The summed E-state index contributed by atoms with van der Waals surface area (Å²) in [4.78, 5) is 3.97. The Morgan fingerprint density at radius 1 is 1.64 bits per heavy atom. The zero-order valence-corrected chi connectivity index (χ0v) is 8.20. The number of rotatable bonds is 4. The molecule has 0 aliphatic carbocycles. The van der Waals surface area contributed by atoms with Gasteiger partial charge in [0, 0.05) is 25.6 Å². The Kier molecular flexibility index (Phi) is 3.48. The molecule has 1 aromatic rings. The Labute approximate surface area is 83.3 Å². The zero-order chi connectivity index (χ0) is 9.64. The van der Waals surface area contributed by atoms with E-state index in [0.29, 0.717) is 6.04 Å². The Hall–Kier alpha value is -0.940. The minimum absolute atomic E-state index is 0.607. The second-order valence-corrected chi connectivity index (χ2v) is 3.59. The van der Waals surface area contributed by atoms with Crippen LogP contribution in [-0.2, 0) is 6.42 Å². The van der Waals surface area contributed by atoms with E-state index in [1.807, 2.05) is 0 Å². The average molecular weight is 196 g/mol. The van der Waals surface area contributed by atoms with Gasteiger partial charge in [0.05, 0.1) is 0 Å². The molecule has 1 aromatic heterocycles. The van der Waals surface area contributed by atoms with Gasteiger partial charge in [-0.1, -0.05) is 5.16 Å². The van der Waals surface area contributed by atoms with Crippen LogP contribution in [0.1, 0.15) is 18.7 Å². The van der Waals surface area contributed by atoms with Crippen LogP contribution < -0.4 is 10.6 Å². The Morgan fingerprint density at radius 3 is 3.36 bits per heavy atom. The van der Waals surface area contributed by atoms with Gasteiger partial charge in [0.25, 0.3) is 0 Å². The Balaban J connectivity index is 1.62. The zero-order valence-electron chi connectivity index (χ0n) is 8.20. The van der Waals surface area contributed by atoms with Gasteiger partial charge >= 0.3 is 0 Å². The van der Waals surface area contributed by atoms with Crippen LogP contribution in [0, 0.1) is 0 Å². The maximum atomic E-state index is 4.66. The predicted molar refractivity (Wildman–Crippen MR) is 51.9 cm³/mol.